The van der Waals surface area contributed by atoms with Gasteiger partial charge in [0.15, 0.2) is 5.75 Å². The van der Waals surface area contributed by atoms with E-state index in [1.165, 1.54) is 18.2 Å². The largest absolute Gasteiger partial charge is 0.505 e. The number of anilines is 2. The molecule has 4 N–H and O–H groups in total. The monoisotopic (exact) mass is 713 g/mol. The van der Waals surface area contributed by atoms with Gasteiger partial charge in [0.1, 0.15) is 10.6 Å². The molecule has 0 saturated heterocycles. The topological polar surface area (TPSA) is 190 Å². The third-order valence-corrected chi connectivity index (χ3v) is 8.91. The number of para-hydroxylation sites is 1. The van der Waals surface area contributed by atoms with Crippen LogP contribution in [0.25, 0.3) is 21.5 Å². The zero-order chi connectivity index (χ0) is 33.3. The van der Waals surface area contributed by atoms with Crippen molar-refractivity contribution < 1.29 is 31.0 Å². The summed E-state index contributed by atoms with van der Waals surface area (Å²) in [6.45, 7) is 1.94. The molecule has 16 heteroatoms. The molecule has 0 spiro atoms. The van der Waals surface area contributed by atoms with Crippen LogP contribution in [-0.2, 0) is 20.2 Å². The smallest absolute Gasteiger partial charge is 0.296 e. The number of phenols is 1. The molecule has 0 amide bonds. The second-order valence-electron chi connectivity index (χ2n) is 10.5. The van der Waals surface area contributed by atoms with Crippen molar-refractivity contribution in [1.29, 1.82) is 0 Å². The molecule has 12 nitrogen and oxygen atoms in total. The first-order valence-electron chi connectivity index (χ1n) is 13.9. The standard InChI is InChI=1S/C33H25N5O7S2.2Na/c1-20-7-9-23(10-8-20)35-36-29-15-16-30(28-19-25(46(40,41)42)12-14-27(28)29)37-38-32-31(47(43,44)45)18-21-17-24(11-13-26(21)33(32)39)34-22-5-3-2-4-6-22;;/h2-19,34,39H,1H3,(H,40,41,42)(H,43,44,45);;. The predicted molar refractivity (Wildman–Crippen MR) is 190 cm³/mol. The van der Waals surface area contributed by atoms with Crippen LogP contribution in [0.2, 0.25) is 0 Å². The van der Waals surface area contributed by atoms with Crippen molar-refractivity contribution >= 4 is 135 Å². The Kier molecular flexibility index (Phi) is 12.2. The Labute approximate surface area is 326 Å². The number of benzene rings is 6. The summed E-state index contributed by atoms with van der Waals surface area (Å²) in [4.78, 5) is -1.13. The number of aryl methyl sites for hydroxylation is 1. The van der Waals surface area contributed by atoms with Crippen LogP contribution < -0.4 is 5.32 Å². The number of aromatic hydroxyl groups is 1. The number of azo groups is 2. The normalized spacial score (nSPS) is 11.9. The fourth-order valence-electron chi connectivity index (χ4n) is 4.87. The molecule has 0 aromatic heterocycles. The van der Waals surface area contributed by atoms with Gasteiger partial charge in [-0.3, -0.25) is 9.11 Å². The molecule has 0 unspecified atom stereocenters. The van der Waals surface area contributed by atoms with Crippen molar-refractivity contribution in [3.05, 3.63) is 115 Å². The van der Waals surface area contributed by atoms with Crippen LogP contribution in [0.5, 0.6) is 5.75 Å². The minimum atomic E-state index is -4.91. The average molecular weight is 714 g/mol. The van der Waals surface area contributed by atoms with Crippen molar-refractivity contribution in [2.24, 2.45) is 20.5 Å². The van der Waals surface area contributed by atoms with E-state index in [0.29, 0.717) is 27.8 Å². The van der Waals surface area contributed by atoms with Gasteiger partial charge in [0.2, 0.25) is 0 Å². The van der Waals surface area contributed by atoms with Gasteiger partial charge < -0.3 is 10.4 Å². The summed E-state index contributed by atoms with van der Waals surface area (Å²) in [5, 5.41) is 32.1. The molecule has 0 aliphatic heterocycles. The van der Waals surface area contributed by atoms with Crippen LogP contribution in [0.15, 0.2) is 139 Å². The van der Waals surface area contributed by atoms with Gasteiger partial charge in [-0.1, -0.05) is 42.0 Å². The van der Waals surface area contributed by atoms with Gasteiger partial charge >= 0.3 is 0 Å². The van der Waals surface area contributed by atoms with E-state index < -0.39 is 41.5 Å². The Morgan fingerprint density at radius 3 is 1.88 bits per heavy atom. The van der Waals surface area contributed by atoms with E-state index in [-0.39, 0.29) is 75.6 Å². The molecule has 6 rings (SSSR count). The minimum absolute atomic E-state index is 0. The second kappa shape index (κ2) is 15.6. The summed E-state index contributed by atoms with van der Waals surface area (Å²) in [6.07, 6.45) is 0. The third kappa shape index (κ3) is 8.80. The summed E-state index contributed by atoms with van der Waals surface area (Å²) in [5.41, 5.74) is 2.85. The second-order valence-corrected chi connectivity index (χ2v) is 13.3. The van der Waals surface area contributed by atoms with Crippen molar-refractivity contribution in [3.63, 3.8) is 0 Å². The van der Waals surface area contributed by atoms with E-state index in [1.54, 1.807) is 36.4 Å². The molecule has 6 aromatic rings. The van der Waals surface area contributed by atoms with Gasteiger partial charge in [0, 0.05) is 86.6 Å². The van der Waals surface area contributed by atoms with Gasteiger partial charge in [-0.05, 0) is 85.1 Å². The van der Waals surface area contributed by atoms with Crippen molar-refractivity contribution in [3.8, 4) is 5.75 Å². The first kappa shape index (κ1) is 38.3. The molecule has 0 aliphatic carbocycles. The van der Waals surface area contributed by atoms with Gasteiger partial charge in [-0.25, -0.2) is 0 Å². The summed E-state index contributed by atoms with van der Waals surface area (Å²) in [7, 11) is -9.52. The Bertz CT molecular complexity index is 2460. The first-order chi connectivity index (χ1) is 22.4. The number of fused-ring (bicyclic) bond motifs is 2. The molecule has 0 aliphatic rings. The number of rotatable bonds is 8. The Balaban J connectivity index is 0.00000270. The van der Waals surface area contributed by atoms with E-state index in [2.05, 4.69) is 25.8 Å². The molecular formula is C33H25N5Na2O7S2. The van der Waals surface area contributed by atoms with Crippen LogP contribution in [-0.4, -0.2) is 90.2 Å². The summed E-state index contributed by atoms with van der Waals surface area (Å²) >= 11 is 0. The number of hydrogen-bond acceptors (Lipinski definition) is 10. The SMILES string of the molecule is Cc1ccc(N=Nc2ccc(N=Nc3c(S(=O)(=O)O)cc4cc(Nc5ccccc5)ccc4c3O)c3cc(S(=O)(=O)O)ccc23)cc1.[Na].[Na]. The van der Waals surface area contributed by atoms with Crippen LogP contribution in [0, 0.1) is 6.92 Å². The molecule has 0 heterocycles. The molecule has 238 valence electrons. The Morgan fingerprint density at radius 1 is 0.592 bits per heavy atom. The van der Waals surface area contributed by atoms with Crippen LogP contribution in [0.4, 0.5) is 34.1 Å². The number of phenolic OH excluding ortho intramolecular Hbond substituents is 1. The third-order valence-electron chi connectivity index (χ3n) is 7.20. The van der Waals surface area contributed by atoms with Crippen LogP contribution in [0.3, 0.4) is 0 Å². The molecule has 0 saturated carbocycles. The average Bonchev–Trinajstić information content (AvgIpc) is 3.03. The van der Waals surface area contributed by atoms with E-state index in [0.717, 1.165) is 23.4 Å². The summed E-state index contributed by atoms with van der Waals surface area (Å²) in [5.74, 6) is -0.559. The fourth-order valence-corrected chi connectivity index (χ4v) is 6.03. The first-order valence-corrected chi connectivity index (χ1v) is 16.8. The van der Waals surface area contributed by atoms with Crippen LogP contribution >= 0.6 is 0 Å². The molecule has 0 bridgehead atoms. The Hall–Kier alpha value is -3.54. The molecule has 2 radical (unpaired) electrons. The van der Waals surface area contributed by atoms with E-state index >= 15 is 0 Å². The van der Waals surface area contributed by atoms with Crippen molar-refractivity contribution in [2.45, 2.75) is 16.7 Å². The van der Waals surface area contributed by atoms with Gasteiger partial charge in [0.05, 0.1) is 22.0 Å². The number of nitrogens with zero attached hydrogens (tertiary/aromatic N) is 4. The van der Waals surface area contributed by atoms with Gasteiger partial charge in [0.25, 0.3) is 20.2 Å². The molecule has 49 heavy (non-hydrogen) atoms. The van der Waals surface area contributed by atoms with Gasteiger partial charge in [-0.2, -0.15) is 21.9 Å². The maximum atomic E-state index is 12.5. The summed E-state index contributed by atoms with van der Waals surface area (Å²) in [6, 6.07) is 29.3. The minimum Gasteiger partial charge on any atom is -0.505 e. The maximum Gasteiger partial charge on any atom is 0.296 e. The van der Waals surface area contributed by atoms with Crippen molar-refractivity contribution in [2.75, 3.05) is 5.32 Å². The maximum absolute atomic E-state index is 12.5. The quantitative estimate of drug-likeness (QED) is 0.0687. The summed E-state index contributed by atoms with van der Waals surface area (Å²) < 4.78 is 68.7. The zero-order valence-corrected chi connectivity index (χ0v) is 32.1. The predicted octanol–water partition coefficient (Wildman–Crippen LogP) is 8.31. The zero-order valence-electron chi connectivity index (χ0n) is 26.5. The molecular weight excluding hydrogens is 689 g/mol. The van der Waals surface area contributed by atoms with Crippen molar-refractivity contribution in [1.82, 2.24) is 0 Å². The molecule has 6 aromatic carbocycles. The van der Waals surface area contributed by atoms with E-state index in [4.69, 9.17) is 0 Å². The van der Waals surface area contributed by atoms with E-state index in [1.807, 2.05) is 49.4 Å². The Morgan fingerprint density at radius 2 is 1.22 bits per heavy atom. The number of nitrogens with one attached hydrogen (secondary N) is 1. The van der Waals surface area contributed by atoms with E-state index in [9.17, 15) is 31.0 Å². The van der Waals surface area contributed by atoms with Gasteiger partial charge in [-0.15, -0.1) is 15.3 Å². The fraction of sp³-hybridized carbons (Fsp3) is 0.0303. The number of hydrogen-bond donors (Lipinski definition) is 4. The van der Waals surface area contributed by atoms with Crippen LogP contribution in [0.1, 0.15) is 5.56 Å². The molecule has 0 atom stereocenters. The molecule has 0 fully saturated rings.